The van der Waals surface area contributed by atoms with Crippen LogP contribution in [-0.2, 0) is 6.42 Å². The molecule has 0 amide bonds. The highest BCUT2D eigenvalue weighted by Crippen LogP contribution is 2.30. The predicted molar refractivity (Wildman–Crippen MR) is 144 cm³/mol. The van der Waals surface area contributed by atoms with Crippen molar-refractivity contribution in [3.8, 4) is 0 Å². The van der Waals surface area contributed by atoms with Crippen LogP contribution in [0.3, 0.4) is 0 Å². The topological polar surface area (TPSA) is 48.5 Å². The van der Waals surface area contributed by atoms with Crippen molar-refractivity contribution in [1.29, 1.82) is 0 Å². The van der Waals surface area contributed by atoms with Gasteiger partial charge >= 0.3 is 0 Å². The van der Waals surface area contributed by atoms with Gasteiger partial charge in [-0.3, -0.25) is 0 Å². The predicted octanol–water partition coefficient (Wildman–Crippen LogP) is 6.85. The van der Waals surface area contributed by atoms with Gasteiger partial charge in [0.25, 0.3) is 0 Å². The molecule has 2 rings (SSSR count). The molecule has 3 N–H and O–H groups in total. The van der Waals surface area contributed by atoms with Crippen molar-refractivity contribution in [3.05, 3.63) is 71.1 Å². The van der Waals surface area contributed by atoms with Gasteiger partial charge in [-0.05, 0) is 97.0 Å². The summed E-state index contributed by atoms with van der Waals surface area (Å²) in [7, 11) is 0. The Kier molecular flexibility index (Phi) is 13.5. The van der Waals surface area contributed by atoms with Crippen LogP contribution in [0, 0.1) is 5.82 Å². The number of thioether (sulfide) groups is 1. The lowest BCUT2D eigenvalue weighted by molar-refractivity contribution is 0.594. The van der Waals surface area contributed by atoms with Gasteiger partial charge in [0.1, 0.15) is 5.82 Å². The van der Waals surface area contributed by atoms with E-state index in [1.54, 1.807) is 6.07 Å². The summed E-state index contributed by atoms with van der Waals surface area (Å²) in [4.78, 5) is 4.59. The number of benzene rings is 2. The largest absolute Gasteiger partial charge is 0.384 e. The Morgan fingerprint density at radius 1 is 1.09 bits per heavy atom. The first-order valence-corrected chi connectivity index (χ1v) is 13.6. The fourth-order valence-corrected chi connectivity index (χ4v) is 4.85. The summed E-state index contributed by atoms with van der Waals surface area (Å²) in [5.41, 5.74) is 2.18. The van der Waals surface area contributed by atoms with Crippen LogP contribution in [-0.4, -0.2) is 31.1 Å². The molecule has 2 aromatic rings. The molecule has 0 atom stereocenters. The van der Waals surface area contributed by atoms with E-state index in [1.807, 2.05) is 6.26 Å². The zero-order valence-corrected chi connectivity index (χ0v) is 21.7. The number of hydrogen-bond donors (Lipinski definition) is 3. The third-order valence-electron chi connectivity index (χ3n) is 4.68. The van der Waals surface area contributed by atoms with Gasteiger partial charge in [-0.25, -0.2) is 9.38 Å². The molecule has 2 aromatic carbocycles. The molecule has 0 radical (unpaired) electrons. The number of unbranched alkanes of at least 4 members (excludes halogenated alkanes) is 2. The molecule has 0 aliphatic carbocycles. The minimum Gasteiger partial charge on any atom is -0.384 e. The molecule has 32 heavy (non-hydrogen) atoms. The highest BCUT2D eigenvalue weighted by Gasteiger charge is 2.10. The second-order valence-corrected chi connectivity index (χ2v) is 9.61. The van der Waals surface area contributed by atoms with E-state index in [-0.39, 0.29) is 5.82 Å². The summed E-state index contributed by atoms with van der Waals surface area (Å²) in [5, 5.41) is 7.51. The molecule has 0 aliphatic rings. The molecule has 0 heterocycles. The smallest absolute Gasteiger partial charge is 0.171 e. The van der Waals surface area contributed by atoms with E-state index in [1.165, 1.54) is 54.4 Å². The van der Waals surface area contributed by atoms with Gasteiger partial charge in [0.2, 0.25) is 0 Å². The van der Waals surface area contributed by atoms with Crippen LogP contribution in [0.25, 0.3) is 0 Å². The van der Waals surface area contributed by atoms with Crippen LogP contribution in [0.4, 0.5) is 10.1 Å². The zero-order valence-electron chi connectivity index (χ0n) is 18.5. The highest BCUT2D eigenvalue weighted by molar-refractivity contribution is 9.10. The van der Waals surface area contributed by atoms with Crippen LogP contribution in [0.2, 0.25) is 0 Å². The van der Waals surface area contributed by atoms with E-state index in [4.69, 9.17) is 0 Å². The number of aliphatic imine (C=N–C) groups is 1. The molecule has 174 valence electrons. The molecule has 0 aromatic heterocycles. The number of aryl methyl sites for hydroxylation is 1. The van der Waals surface area contributed by atoms with Gasteiger partial charge in [-0.1, -0.05) is 48.7 Å². The Morgan fingerprint density at radius 3 is 2.53 bits per heavy atom. The third kappa shape index (κ3) is 10.4. The Morgan fingerprint density at radius 2 is 1.81 bits per heavy atom. The van der Waals surface area contributed by atoms with Crippen molar-refractivity contribution >= 4 is 50.5 Å². The number of nitrogens with one attached hydrogen (secondary N) is 3. The first kappa shape index (κ1) is 26.8. The maximum absolute atomic E-state index is 14.5. The Hall–Kier alpha value is -1.48. The summed E-state index contributed by atoms with van der Waals surface area (Å²) in [5.74, 6) is -0.274. The monoisotopic (exact) mass is 538 g/mol. The van der Waals surface area contributed by atoms with Crippen molar-refractivity contribution < 1.29 is 4.39 Å². The number of halogens is 2. The molecule has 0 bridgehead atoms. The average Bonchev–Trinajstić information content (AvgIpc) is 2.81. The molecule has 0 saturated heterocycles. The summed E-state index contributed by atoms with van der Waals surface area (Å²) in [6, 6.07) is 13.9. The van der Waals surface area contributed by atoms with Gasteiger partial charge in [0.05, 0.1) is 10.6 Å². The van der Waals surface area contributed by atoms with Crippen molar-refractivity contribution in [2.75, 3.05) is 31.2 Å². The van der Waals surface area contributed by atoms with Crippen LogP contribution in [0.1, 0.15) is 31.2 Å². The van der Waals surface area contributed by atoms with Crippen LogP contribution in [0.15, 0.2) is 69.6 Å². The summed E-state index contributed by atoms with van der Waals surface area (Å²) < 4.78 is 18.3. The molecule has 0 fully saturated rings. The maximum Gasteiger partial charge on any atom is 0.171 e. The van der Waals surface area contributed by atoms with Crippen LogP contribution >= 0.6 is 39.6 Å². The summed E-state index contributed by atoms with van der Waals surface area (Å²) >= 11 is 6.17. The molecule has 0 aliphatic heterocycles. The lowest BCUT2D eigenvalue weighted by atomic mass is 10.1. The molecule has 4 nitrogen and oxygen atoms in total. The van der Waals surface area contributed by atoms with Crippen LogP contribution < -0.4 is 15.4 Å². The number of amidine groups is 1. The SMILES string of the molecule is C=CN=C(NSc1cc(Br)c(NCCCCNCCCCc2ccccc2)cc1F)SC. The zero-order chi connectivity index (χ0) is 23.0. The van der Waals surface area contributed by atoms with Gasteiger partial charge in [-0.2, -0.15) is 0 Å². The fraction of sp³-hybridized carbons (Fsp3) is 0.375. The Labute approximate surface area is 208 Å². The second kappa shape index (κ2) is 16.2. The first-order valence-electron chi connectivity index (χ1n) is 10.8. The normalized spacial score (nSPS) is 11.4. The average molecular weight is 540 g/mol. The molecule has 0 saturated carbocycles. The van der Waals surface area contributed by atoms with Crippen molar-refractivity contribution in [2.45, 2.75) is 37.0 Å². The van der Waals surface area contributed by atoms with Gasteiger partial charge in [0.15, 0.2) is 5.17 Å². The van der Waals surface area contributed by atoms with Crippen molar-refractivity contribution in [3.63, 3.8) is 0 Å². The highest BCUT2D eigenvalue weighted by atomic mass is 79.9. The van der Waals surface area contributed by atoms with Crippen molar-refractivity contribution in [2.24, 2.45) is 4.99 Å². The molecule has 0 unspecified atom stereocenters. The van der Waals surface area contributed by atoms with Crippen molar-refractivity contribution in [1.82, 2.24) is 10.0 Å². The fourth-order valence-electron chi connectivity index (χ4n) is 2.99. The quantitative estimate of drug-likeness (QED) is 0.106. The standard InChI is InChI=1S/C24H32BrFN4S2/c1-3-28-24(31-2)30-32-23-17-20(25)22(18-21(23)26)29-16-10-9-15-27-14-8-7-13-19-11-5-4-6-12-19/h3-6,11-12,17-18,27,29H,1,7-10,13-16H2,2H3,(H,28,30). The maximum atomic E-state index is 14.5. The summed E-state index contributed by atoms with van der Waals surface area (Å²) in [6.45, 7) is 6.45. The Bertz CT molecular complexity index is 849. The van der Waals surface area contributed by atoms with E-state index in [0.29, 0.717) is 10.1 Å². The van der Waals surface area contributed by atoms with E-state index in [2.05, 4.69) is 73.2 Å². The molecule has 0 spiro atoms. The molecular formula is C24H32BrFN4S2. The van der Waals surface area contributed by atoms with Crippen LogP contribution in [0.5, 0.6) is 0 Å². The minimum absolute atomic E-state index is 0.274. The van der Waals surface area contributed by atoms with E-state index in [0.717, 1.165) is 49.1 Å². The molecular weight excluding hydrogens is 507 g/mol. The minimum atomic E-state index is -0.274. The van der Waals surface area contributed by atoms with Gasteiger partial charge in [0, 0.05) is 17.2 Å². The second-order valence-electron chi connectivity index (χ2n) is 7.11. The number of hydrogen-bond acceptors (Lipinski definition) is 5. The lowest BCUT2D eigenvalue weighted by Crippen LogP contribution is -2.17. The van der Waals surface area contributed by atoms with E-state index < -0.39 is 0 Å². The number of rotatable bonds is 14. The van der Waals surface area contributed by atoms with E-state index in [9.17, 15) is 4.39 Å². The van der Waals surface area contributed by atoms with Gasteiger partial charge in [-0.15, -0.1) is 0 Å². The number of anilines is 1. The Balaban J connectivity index is 1.59. The van der Waals surface area contributed by atoms with E-state index >= 15 is 0 Å². The number of nitrogens with zero attached hydrogens (tertiary/aromatic N) is 1. The third-order valence-corrected chi connectivity index (χ3v) is 6.89. The summed E-state index contributed by atoms with van der Waals surface area (Å²) in [6.07, 6.45) is 9.02. The first-order chi connectivity index (χ1) is 15.6. The lowest BCUT2D eigenvalue weighted by Gasteiger charge is -2.12. The molecule has 8 heteroatoms. The van der Waals surface area contributed by atoms with Gasteiger partial charge < -0.3 is 15.4 Å².